The molecule has 0 aromatic rings. The van der Waals surface area contributed by atoms with Crippen LogP contribution < -0.4 is 0 Å². The first-order valence-electron chi connectivity index (χ1n) is 15.4. The molecule has 37 heavy (non-hydrogen) atoms. The molecule has 1 N–H and O–H groups in total. The van der Waals surface area contributed by atoms with Crippen molar-refractivity contribution in [2.75, 3.05) is 19.8 Å². The number of aliphatic hydroxyl groups excluding tert-OH is 1. The van der Waals surface area contributed by atoms with Gasteiger partial charge in [-0.25, -0.2) is 4.79 Å². The monoisotopic (exact) mass is 514 g/mol. The van der Waals surface area contributed by atoms with Gasteiger partial charge in [-0.05, 0) is 97.7 Å². The highest BCUT2D eigenvalue weighted by Gasteiger charge is 2.59. The average Bonchev–Trinajstić information content (AvgIpc) is 3.23. The van der Waals surface area contributed by atoms with E-state index in [9.17, 15) is 4.79 Å². The van der Waals surface area contributed by atoms with Gasteiger partial charge in [-0.15, -0.1) is 0 Å². The fourth-order valence-corrected chi connectivity index (χ4v) is 9.31. The number of carbonyl (C=O) groups is 1. The van der Waals surface area contributed by atoms with Crippen LogP contribution in [0.4, 0.5) is 0 Å². The number of hydrogen-bond acceptors (Lipinski definition) is 4. The van der Waals surface area contributed by atoms with Crippen molar-refractivity contribution in [1.29, 1.82) is 0 Å². The zero-order chi connectivity index (χ0) is 26.8. The van der Waals surface area contributed by atoms with E-state index in [1.54, 1.807) is 5.57 Å². The number of aliphatic hydroxyl groups is 1. The summed E-state index contributed by atoms with van der Waals surface area (Å²) in [6, 6.07) is 0. The Kier molecular flexibility index (Phi) is 9.32. The van der Waals surface area contributed by atoms with E-state index in [2.05, 4.69) is 47.3 Å². The summed E-state index contributed by atoms with van der Waals surface area (Å²) < 4.78 is 11.3. The topological polar surface area (TPSA) is 55.8 Å². The SMILES string of the molecule is C=C(CO)C(=O)OCCO[C@H]1CC[C@@]2(C)C(=CC[C@H]3[C@@H]4CC[C@H]([C@H](C)CCCC(C)C)[C@@]4(C)CC[C@@H]32)C1. The van der Waals surface area contributed by atoms with Crippen molar-refractivity contribution in [1.82, 2.24) is 0 Å². The van der Waals surface area contributed by atoms with E-state index in [1.807, 2.05) is 0 Å². The minimum atomic E-state index is -0.535. The molecule has 0 bridgehead atoms. The van der Waals surface area contributed by atoms with Crippen molar-refractivity contribution in [2.45, 2.75) is 111 Å². The molecule has 0 unspecified atom stereocenters. The summed E-state index contributed by atoms with van der Waals surface area (Å²) in [5.74, 6) is 4.65. The maximum absolute atomic E-state index is 11.7. The predicted octanol–water partition coefficient (Wildman–Crippen LogP) is 7.50. The summed E-state index contributed by atoms with van der Waals surface area (Å²) in [7, 11) is 0. The van der Waals surface area contributed by atoms with E-state index in [1.165, 1.54) is 57.8 Å². The second kappa shape index (κ2) is 11.9. The van der Waals surface area contributed by atoms with Gasteiger partial charge in [-0.1, -0.05) is 72.1 Å². The molecule has 0 spiro atoms. The van der Waals surface area contributed by atoms with Crippen LogP contribution in [0.2, 0.25) is 0 Å². The predicted molar refractivity (Wildman–Crippen MR) is 150 cm³/mol. The molecule has 4 nitrogen and oxygen atoms in total. The zero-order valence-corrected chi connectivity index (χ0v) is 24.4. The molecule has 0 aliphatic heterocycles. The van der Waals surface area contributed by atoms with Gasteiger partial charge in [-0.3, -0.25) is 0 Å². The van der Waals surface area contributed by atoms with E-state index in [0.29, 0.717) is 17.4 Å². The Labute approximate surface area is 226 Å². The van der Waals surface area contributed by atoms with Crippen molar-refractivity contribution in [3.8, 4) is 0 Å². The Morgan fingerprint density at radius 1 is 1.08 bits per heavy atom. The van der Waals surface area contributed by atoms with Crippen LogP contribution in [0.5, 0.6) is 0 Å². The second-order valence-electron chi connectivity index (χ2n) is 13.9. The van der Waals surface area contributed by atoms with Crippen molar-refractivity contribution in [2.24, 2.45) is 46.3 Å². The first kappa shape index (κ1) is 28.9. The van der Waals surface area contributed by atoms with Gasteiger partial charge in [0.1, 0.15) is 6.61 Å². The third-order valence-corrected chi connectivity index (χ3v) is 11.4. The van der Waals surface area contributed by atoms with Crippen molar-refractivity contribution >= 4 is 5.97 Å². The Morgan fingerprint density at radius 2 is 1.86 bits per heavy atom. The molecular weight excluding hydrogens is 460 g/mol. The van der Waals surface area contributed by atoms with Crippen LogP contribution in [0.3, 0.4) is 0 Å². The lowest BCUT2D eigenvalue weighted by Gasteiger charge is -2.58. The molecule has 8 atom stereocenters. The van der Waals surface area contributed by atoms with Gasteiger partial charge in [0.25, 0.3) is 0 Å². The number of esters is 1. The van der Waals surface area contributed by atoms with Crippen LogP contribution in [-0.4, -0.2) is 37.0 Å². The Hall–Kier alpha value is -1.13. The van der Waals surface area contributed by atoms with E-state index in [-0.39, 0.29) is 24.9 Å². The number of fused-ring (bicyclic) bond motifs is 5. The Bertz CT molecular complexity index is 845. The standard InChI is InChI=1S/C33H54O4/c1-22(2)8-7-9-23(3)28-12-13-29-27-11-10-25-20-26(36-18-19-37-31(35)24(4)21-34)14-16-32(25,5)30(27)15-17-33(28,29)6/h10,22-23,26-30,34H,4,7-9,11-21H2,1-3,5-6H3/t23-,26+,27+,28-,29+,30+,32+,33-/m1/s1. The summed E-state index contributed by atoms with van der Waals surface area (Å²) in [5, 5.41) is 8.99. The Morgan fingerprint density at radius 3 is 2.59 bits per heavy atom. The summed E-state index contributed by atoms with van der Waals surface area (Å²) in [6.07, 6.45) is 17.3. The van der Waals surface area contributed by atoms with Gasteiger partial charge >= 0.3 is 5.97 Å². The number of allylic oxidation sites excluding steroid dienone is 1. The lowest BCUT2D eigenvalue weighted by Crippen LogP contribution is -2.51. The van der Waals surface area contributed by atoms with Crippen LogP contribution >= 0.6 is 0 Å². The van der Waals surface area contributed by atoms with E-state index >= 15 is 0 Å². The van der Waals surface area contributed by atoms with Crippen LogP contribution in [0.25, 0.3) is 0 Å². The van der Waals surface area contributed by atoms with Gasteiger partial charge in [0.05, 0.1) is 24.9 Å². The smallest absolute Gasteiger partial charge is 0.335 e. The minimum Gasteiger partial charge on any atom is -0.460 e. The number of hydrogen-bond donors (Lipinski definition) is 1. The maximum Gasteiger partial charge on any atom is 0.335 e. The molecule has 0 radical (unpaired) electrons. The number of rotatable bonds is 11. The molecule has 0 aromatic carbocycles. The molecule has 0 amide bonds. The second-order valence-corrected chi connectivity index (χ2v) is 13.9. The van der Waals surface area contributed by atoms with Crippen molar-refractivity contribution in [3.63, 3.8) is 0 Å². The summed E-state index contributed by atoms with van der Waals surface area (Å²) in [5.41, 5.74) is 2.60. The molecule has 4 aliphatic carbocycles. The highest BCUT2D eigenvalue weighted by Crippen LogP contribution is 2.67. The minimum absolute atomic E-state index is 0.0908. The largest absolute Gasteiger partial charge is 0.460 e. The average molecular weight is 515 g/mol. The molecule has 4 aliphatic rings. The van der Waals surface area contributed by atoms with Crippen molar-refractivity contribution in [3.05, 3.63) is 23.8 Å². The highest BCUT2D eigenvalue weighted by atomic mass is 16.6. The fraction of sp³-hybridized carbons (Fsp3) is 0.848. The summed E-state index contributed by atoms with van der Waals surface area (Å²) in [4.78, 5) is 11.7. The molecule has 0 saturated heterocycles. The van der Waals surface area contributed by atoms with E-state index in [0.717, 1.165) is 48.3 Å². The maximum atomic E-state index is 11.7. The van der Waals surface area contributed by atoms with Gasteiger partial charge in [0.2, 0.25) is 0 Å². The first-order valence-corrected chi connectivity index (χ1v) is 15.4. The molecule has 0 heterocycles. The van der Waals surface area contributed by atoms with Crippen LogP contribution in [0.15, 0.2) is 23.8 Å². The van der Waals surface area contributed by atoms with E-state index in [4.69, 9.17) is 14.6 Å². The molecule has 3 saturated carbocycles. The van der Waals surface area contributed by atoms with E-state index < -0.39 is 5.97 Å². The molecule has 0 aromatic heterocycles. The van der Waals surface area contributed by atoms with Gasteiger partial charge in [0.15, 0.2) is 0 Å². The Balaban J connectivity index is 1.33. The first-order chi connectivity index (χ1) is 17.6. The summed E-state index contributed by atoms with van der Waals surface area (Å²) >= 11 is 0. The van der Waals surface area contributed by atoms with Gasteiger partial charge in [-0.2, -0.15) is 0 Å². The zero-order valence-electron chi connectivity index (χ0n) is 24.4. The third-order valence-electron chi connectivity index (χ3n) is 11.4. The van der Waals surface area contributed by atoms with Crippen LogP contribution in [0, 0.1) is 46.3 Å². The quantitative estimate of drug-likeness (QED) is 0.134. The van der Waals surface area contributed by atoms with Gasteiger partial charge in [0, 0.05) is 0 Å². The molecule has 4 heteroatoms. The van der Waals surface area contributed by atoms with Crippen molar-refractivity contribution < 1.29 is 19.4 Å². The van der Waals surface area contributed by atoms with Gasteiger partial charge < -0.3 is 14.6 Å². The number of carbonyl (C=O) groups excluding carboxylic acids is 1. The molecule has 3 fully saturated rings. The lowest BCUT2D eigenvalue weighted by molar-refractivity contribution is -0.142. The van der Waals surface area contributed by atoms with Crippen LogP contribution in [-0.2, 0) is 14.3 Å². The number of ether oxygens (including phenoxy) is 2. The summed E-state index contributed by atoms with van der Waals surface area (Å²) in [6.45, 7) is 16.3. The highest BCUT2D eigenvalue weighted by molar-refractivity contribution is 5.87. The molecular formula is C33H54O4. The van der Waals surface area contributed by atoms with Crippen LogP contribution in [0.1, 0.15) is 105 Å². The molecule has 210 valence electrons. The fourth-order valence-electron chi connectivity index (χ4n) is 9.31. The normalized spacial score (nSPS) is 37.8. The lowest BCUT2D eigenvalue weighted by atomic mass is 9.47. The molecule has 4 rings (SSSR count). The third kappa shape index (κ3) is 5.91.